The number of nitrogens with one attached hydrogen (secondary N) is 1. The van der Waals surface area contributed by atoms with E-state index in [-0.39, 0.29) is 10.3 Å². The molecule has 0 spiro atoms. The minimum atomic E-state index is -3.55. The number of carboxylic acid groups (broad SMARTS) is 1. The van der Waals surface area contributed by atoms with E-state index in [1.165, 1.54) is 12.1 Å². The lowest BCUT2D eigenvalue weighted by atomic mass is 9.96. The zero-order valence-corrected chi connectivity index (χ0v) is 13.3. The molecule has 2 rings (SSSR count). The van der Waals surface area contributed by atoms with Crippen LogP contribution in [-0.2, 0) is 20.2 Å². The molecule has 21 heavy (non-hydrogen) atoms. The summed E-state index contributed by atoms with van der Waals surface area (Å²) in [5.74, 6) is -0.844. The number of rotatable bonds is 5. The Labute approximate surface area is 125 Å². The molecule has 5 nitrogen and oxygen atoms in total. The Morgan fingerprint density at radius 1 is 1.24 bits per heavy atom. The minimum Gasteiger partial charge on any atom is -0.481 e. The van der Waals surface area contributed by atoms with E-state index in [9.17, 15) is 18.3 Å². The fraction of sp³-hybridized carbons (Fsp3) is 0.533. The van der Waals surface area contributed by atoms with Crippen molar-refractivity contribution in [2.45, 2.75) is 43.9 Å². The van der Waals surface area contributed by atoms with E-state index in [0.717, 1.165) is 0 Å². The third kappa shape index (κ3) is 3.44. The van der Waals surface area contributed by atoms with Gasteiger partial charge in [0.25, 0.3) is 0 Å². The van der Waals surface area contributed by atoms with Crippen LogP contribution >= 0.6 is 0 Å². The fourth-order valence-electron chi connectivity index (χ4n) is 2.10. The second-order valence-corrected chi connectivity index (χ2v) is 8.56. The highest BCUT2D eigenvalue weighted by molar-refractivity contribution is 7.89. The van der Waals surface area contributed by atoms with E-state index in [1.807, 2.05) is 20.8 Å². The molecule has 0 unspecified atom stereocenters. The maximum atomic E-state index is 12.2. The summed E-state index contributed by atoms with van der Waals surface area (Å²) in [5, 5.41) is 9.23. The van der Waals surface area contributed by atoms with Gasteiger partial charge in [-0.25, -0.2) is 13.1 Å². The van der Waals surface area contributed by atoms with Crippen LogP contribution in [-0.4, -0.2) is 26.0 Å². The highest BCUT2D eigenvalue weighted by Gasteiger charge is 2.51. The molecule has 6 heteroatoms. The van der Waals surface area contributed by atoms with Crippen molar-refractivity contribution in [2.75, 3.05) is 6.54 Å². The van der Waals surface area contributed by atoms with Crippen LogP contribution in [0, 0.1) is 5.41 Å². The van der Waals surface area contributed by atoms with Gasteiger partial charge in [0, 0.05) is 6.54 Å². The van der Waals surface area contributed by atoms with Crippen LogP contribution in [0.15, 0.2) is 29.2 Å². The van der Waals surface area contributed by atoms with Crippen molar-refractivity contribution in [3.05, 3.63) is 29.8 Å². The summed E-state index contributed by atoms with van der Waals surface area (Å²) >= 11 is 0. The van der Waals surface area contributed by atoms with E-state index < -0.39 is 21.4 Å². The van der Waals surface area contributed by atoms with E-state index in [1.54, 1.807) is 12.1 Å². The lowest BCUT2D eigenvalue weighted by Gasteiger charge is -2.19. The molecule has 0 saturated heterocycles. The number of benzene rings is 1. The predicted octanol–water partition coefficient (Wildman–Crippen LogP) is 2.13. The van der Waals surface area contributed by atoms with Crippen molar-refractivity contribution < 1.29 is 18.3 Å². The lowest BCUT2D eigenvalue weighted by molar-refractivity contribution is -0.140. The topological polar surface area (TPSA) is 83.5 Å². The molecule has 1 fully saturated rings. The van der Waals surface area contributed by atoms with Crippen LogP contribution < -0.4 is 4.72 Å². The molecule has 0 bridgehead atoms. The maximum Gasteiger partial charge on any atom is 0.314 e. The zero-order chi connectivity index (χ0) is 15.9. The minimum absolute atomic E-state index is 0.144. The Morgan fingerprint density at radius 2 is 1.76 bits per heavy atom. The average molecular weight is 311 g/mol. The molecule has 1 aromatic rings. The maximum absolute atomic E-state index is 12.2. The molecule has 2 N–H and O–H groups in total. The van der Waals surface area contributed by atoms with Crippen LogP contribution in [0.25, 0.3) is 0 Å². The number of sulfonamides is 1. The fourth-order valence-corrected chi connectivity index (χ4v) is 3.38. The highest BCUT2D eigenvalue weighted by atomic mass is 32.2. The van der Waals surface area contributed by atoms with Crippen LogP contribution in [0.4, 0.5) is 0 Å². The first-order chi connectivity index (χ1) is 9.57. The normalized spacial score (nSPS) is 17.5. The summed E-state index contributed by atoms with van der Waals surface area (Å²) in [6, 6.07) is 6.16. The monoisotopic (exact) mass is 311 g/mol. The number of hydrogen-bond acceptors (Lipinski definition) is 3. The molecular weight excluding hydrogens is 290 g/mol. The molecule has 116 valence electrons. The number of hydrogen-bond donors (Lipinski definition) is 2. The van der Waals surface area contributed by atoms with E-state index in [2.05, 4.69) is 4.72 Å². The van der Waals surface area contributed by atoms with Gasteiger partial charge in [0.1, 0.15) is 0 Å². The summed E-state index contributed by atoms with van der Waals surface area (Å²) < 4.78 is 26.9. The van der Waals surface area contributed by atoms with Gasteiger partial charge in [-0.1, -0.05) is 32.9 Å². The summed E-state index contributed by atoms with van der Waals surface area (Å²) in [7, 11) is -3.55. The number of carbonyl (C=O) groups is 1. The number of carboxylic acids is 1. The van der Waals surface area contributed by atoms with Crippen LogP contribution in [0.2, 0.25) is 0 Å². The molecule has 0 aromatic heterocycles. The molecule has 1 saturated carbocycles. The molecule has 0 heterocycles. The van der Waals surface area contributed by atoms with Crippen molar-refractivity contribution in [1.29, 1.82) is 0 Å². The van der Waals surface area contributed by atoms with Crippen molar-refractivity contribution in [3.8, 4) is 0 Å². The van der Waals surface area contributed by atoms with Gasteiger partial charge in [0.05, 0.1) is 10.3 Å². The van der Waals surface area contributed by atoms with Gasteiger partial charge in [0.2, 0.25) is 10.0 Å². The third-order valence-corrected chi connectivity index (χ3v) is 5.09. The van der Waals surface area contributed by atoms with Crippen molar-refractivity contribution >= 4 is 16.0 Å². The lowest BCUT2D eigenvalue weighted by Crippen LogP contribution is -2.32. The Morgan fingerprint density at radius 3 is 2.14 bits per heavy atom. The van der Waals surface area contributed by atoms with Crippen LogP contribution in [0.3, 0.4) is 0 Å². The van der Waals surface area contributed by atoms with Crippen molar-refractivity contribution in [2.24, 2.45) is 5.41 Å². The van der Waals surface area contributed by atoms with E-state index in [4.69, 9.17) is 0 Å². The van der Waals surface area contributed by atoms with Crippen molar-refractivity contribution in [1.82, 2.24) is 4.72 Å². The third-order valence-electron chi connectivity index (χ3n) is 3.67. The SMILES string of the molecule is CC(C)(C)CNS(=O)(=O)c1ccc(C2(C(=O)O)CC2)cc1. The Kier molecular flexibility index (Phi) is 3.88. The van der Waals surface area contributed by atoms with Gasteiger partial charge in [-0.15, -0.1) is 0 Å². The van der Waals surface area contributed by atoms with E-state index in [0.29, 0.717) is 24.9 Å². The summed E-state index contributed by atoms with van der Waals surface area (Å²) in [6.07, 6.45) is 1.22. The molecular formula is C15H21NO4S. The quantitative estimate of drug-likeness (QED) is 0.872. The Balaban J connectivity index is 2.17. The average Bonchev–Trinajstić information content (AvgIpc) is 3.17. The summed E-state index contributed by atoms with van der Waals surface area (Å²) in [6.45, 7) is 6.18. The van der Waals surface area contributed by atoms with Gasteiger partial charge in [-0.05, 0) is 36.0 Å². The standard InChI is InChI=1S/C15H21NO4S/c1-14(2,3)10-16-21(19,20)12-6-4-11(5-7-12)15(8-9-15)13(17)18/h4-7,16H,8-10H2,1-3H3,(H,17,18). The molecule has 0 amide bonds. The molecule has 1 aliphatic rings. The highest BCUT2D eigenvalue weighted by Crippen LogP contribution is 2.48. The Hall–Kier alpha value is -1.40. The van der Waals surface area contributed by atoms with Gasteiger partial charge in [-0.2, -0.15) is 0 Å². The van der Waals surface area contributed by atoms with E-state index >= 15 is 0 Å². The first kappa shape index (κ1) is 16.0. The van der Waals surface area contributed by atoms with Gasteiger partial charge >= 0.3 is 5.97 Å². The largest absolute Gasteiger partial charge is 0.481 e. The zero-order valence-electron chi connectivity index (χ0n) is 12.5. The number of aliphatic carboxylic acids is 1. The molecule has 0 aliphatic heterocycles. The Bertz CT molecular complexity index is 637. The molecule has 0 radical (unpaired) electrons. The molecule has 1 aliphatic carbocycles. The summed E-state index contributed by atoms with van der Waals surface area (Å²) in [5.41, 5.74) is -0.278. The van der Waals surface area contributed by atoms with Crippen molar-refractivity contribution in [3.63, 3.8) is 0 Å². The van der Waals surface area contributed by atoms with Gasteiger partial charge < -0.3 is 5.11 Å². The van der Waals surface area contributed by atoms with Gasteiger partial charge in [-0.3, -0.25) is 4.79 Å². The summed E-state index contributed by atoms with van der Waals surface area (Å²) in [4.78, 5) is 11.4. The predicted molar refractivity (Wildman–Crippen MR) is 79.6 cm³/mol. The molecule has 0 atom stereocenters. The second kappa shape index (κ2) is 5.10. The van der Waals surface area contributed by atoms with Crippen LogP contribution in [0.1, 0.15) is 39.2 Å². The van der Waals surface area contributed by atoms with Gasteiger partial charge in [0.15, 0.2) is 0 Å². The second-order valence-electron chi connectivity index (χ2n) is 6.80. The first-order valence-electron chi connectivity index (χ1n) is 6.90. The smallest absolute Gasteiger partial charge is 0.314 e. The first-order valence-corrected chi connectivity index (χ1v) is 8.39. The van der Waals surface area contributed by atoms with Crippen LogP contribution in [0.5, 0.6) is 0 Å². The molecule has 1 aromatic carbocycles.